The van der Waals surface area contributed by atoms with Crippen molar-refractivity contribution in [3.8, 4) is 11.5 Å². The molecule has 2 aliphatic rings. The van der Waals surface area contributed by atoms with Crippen LogP contribution < -0.4 is 25.4 Å². The molecule has 3 heterocycles. The highest BCUT2D eigenvalue weighted by molar-refractivity contribution is 5.95. The number of benzene rings is 2. The van der Waals surface area contributed by atoms with Gasteiger partial charge in [-0.1, -0.05) is 6.07 Å². The van der Waals surface area contributed by atoms with E-state index in [-0.39, 0.29) is 5.91 Å². The number of rotatable bonds is 7. The summed E-state index contributed by atoms with van der Waals surface area (Å²) in [5.74, 6) is 3.73. The number of nitrogens with zero attached hydrogens (tertiary/aromatic N) is 3. The number of carbonyl (C=O) groups excluding carboxylic acids is 1. The number of nitrogens with one attached hydrogen (secondary N) is 3. The predicted octanol–water partition coefficient (Wildman–Crippen LogP) is 2.90. The van der Waals surface area contributed by atoms with Gasteiger partial charge in [0.25, 0.3) is 5.91 Å². The first-order valence-corrected chi connectivity index (χ1v) is 12.2. The van der Waals surface area contributed by atoms with E-state index in [1.54, 1.807) is 0 Å². The van der Waals surface area contributed by atoms with Gasteiger partial charge in [-0.15, -0.1) is 10.2 Å². The summed E-state index contributed by atoms with van der Waals surface area (Å²) in [5, 5.41) is 18.6. The average molecular weight is 477 g/mol. The number of hydrogen-bond acceptors (Lipinski definition) is 7. The van der Waals surface area contributed by atoms with Crippen molar-refractivity contribution < 1.29 is 14.3 Å². The predicted molar refractivity (Wildman–Crippen MR) is 133 cm³/mol. The van der Waals surface area contributed by atoms with Gasteiger partial charge in [-0.05, 0) is 74.3 Å². The molecule has 0 atom stereocenters. The number of anilines is 1. The van der Waals surface area contributed by atoms with Crippen molar-refractivity contribution in [1.29, 1.82) is 0 Å². The van der Waals surface area contributed by atoms with Crippen molar-refractivity contribution in [1.82, 2.24) is 25.4 Å². The molecule has 1 fully saturated rings. The SMILES string of the molecule is Cc1cc2c(cc1CNC(=O)c1cccc(NCc3nnc(C4CCNCC4)n3C)c1)OCCO2. The van der Waals surface area contributed by atoms with E-state index < -0.39 is 0 Å². The molecule has 3 N–H and O–H groups in total. The van der Waals surface area contributed by atoms with Crippen LogP contribution in [0.2, 0.25) is 0 Å². The third-order valence-electron chi connectivity index (χ3n) is 6.72. The number of aryl methyl sites for hydroxylation is 1. The Morgan fingerprint density at radius 1 is 1.09 bits per heavy atom. The lowest BCUT2D eigenvalue weighted by Gasteiger charge is -2.21. The quantitative estimate of drug-likeness (QED) is 0.482. The maximum atomic E-state index is 12.9. The highest BCUT2D eigenvalue weighted by Crippen LogP contribution is 2.33. The van der Waals surface area contributed by atoms with Gasteiger partial charge in [-0.3, -0.25) is 4.79 Å². The molecule has 0 saturated carbocycles. The zero-order valence-electron chi connectivity index (χ0n) is 20.3. The molecule has 5 rings (SSSR count). The number of fused-ring (bicyclic) bond motifs is 1. The van der Waals surface area contributed by atoms with E-state index in [9.17, 15) is 4.79 Å². The molecule has 184 valence electrons. The van der Waals surface area contributed by atoms with Crippen LogP contribution in [0.3, 0.4) is 0 Å². The van der Waals surface area contributed by atoms with Gasteiger partial charge in [0, 0.05) is 30.8 Å². The number of carbonyl (C=O) groups is 1. The van der Waals surface area contributed by atoms with E-state index in [1.807, 2.05) is 50.4 Å². The van der Waals surface area contributed by atoms with Gasteiger partial charge in [0.15, 0.2) is 17.3 Å². The van der Waals surface area contributed by atoms with Gasteiger partial charge in [0.05, 0.1) is 6.54 Å². The summed E-state index contributed by atoms with van der Waals surface area (Å²) in [5.41, 5.74) is 3.51. The van der Waals surface area contributed by atoms with Crippen LogP contribution in [0.5, 0.6) is 11.5 Å². The summed E-state index contributed by atoms with van der Waals surface area (Å²) < 4.78 is 13.4. The van der Waals surface area contributed by atoms with Gasteiger partial charge in [-0.25, -0.2) is 0 Å². The van der Waals surface area contributed by atoms with E-state index in [4.69, 9.17) is 9.47 Å². The van der Waals surface area contributed by atoms with Gasteiger partial charge in [0.1, 0.15) is 19.0 Å². The molecule has 3 aromatic rings. The minimum Gasteiger partial charge on any atom is -0.486 e. The molecule has 35 heavy (non-hydrogen) atoms. The lowest BCUT2D eigenvalue weighted by atomic mass is 9.97. The summed E-state index contributed by atoms with van der Waals surface area (Å²) >= 11 is 0. The molecule has 0 radical (unpaired) electrons. The van der Waals surface area contributed by atoms with E-state index in [0.717, 1.165) is 65.9 Å². The van der Waals surface area contributed by atoms with E-state index in [2.05, 4.69) is 30.7 Å². The number of amides is 1. The third-order valence-corrected chi connectivity index (χ3v) is 6.72. The minimum absolute atomic E-state index is 0.130. The van der Waals surface area contributed by atoms with Crippen molar-refractivity contribution in [2.75, 3.05) is 31.6 Å². The fraction of sp³-hybridized carbons (Fsp3) is 0.423. The van der Waals surface area contributed by atoms with Gasteiger partial charge >= 0.3 is 0 Å². The topological polar surface area (TPSA) is 102 Å². The highest BCUT2D eigenvalue weighted by atomic mass is 16.6. The van der Waals surface area contributed by atoms with E-state index in [0.29, 0.717) is 37.8 Å². The van der Waals surface area contributed by atoms with Crippen LogP contribution in [-0.2, 0) is 20.1 Å². The Balaban J connectivity index is 1.19. The van der Waals surface area contributed by atoms with Gasteiger partial charge in [0.2, 0.25) is 0 Å². The molecule has 0 spiro atoms. The first-order valence-electron chi connectivity index (χ1n) is 12.2. The van der Waals surface area contributed by atoms with Gasteiger partial charge < -0.3 is 30.0 Å². The number of hydrogen-bond donors (Lipinski definition) is 3. The third kappa shape index (κ3) is 5.24. The summed E-state index contributed by atoms with van der Waals surface area (Å²) in [4.78, 5) is 12.9. The highest BCUT2D eigenvalue weighted by Gasteiger charge is 2.21. The zero-order valence-corrected chi connectivity index (χ0v) is 20.3. The first-order chi connectivity index (χ1) is 17.1. The second kappa shape index (κ2) is 10.4. The molecule has 0 aliphatic carbocycles. The second-order valence-corrected chi connectivity index (χ2v) is 9.10. The number of aromatic nitrogens is 3. The van der Waals surface area contributed by atoms with Crippen molar-refractivity contribution in [3.63, 3.8) is 0 Å². The Morgan fingerprint density at radius 2 is 1.86 bits per heavy atom. The maximum Gasteiger partial charge on any atom is 0.251 e. The first kappa shape index (κ1) is 23.2. The van der Waals surface area contributed by atoms with E-state index >= 15 is 0 Å². The van der Waals surface area contributed by atoms with E-state index in [1.165, 1.54) is 0 Å². The van der Waals surface area contributed by atoms with Crippen molar-refractivity contribution in [3.05, 3.63) is 64.7 Å². The van der Waals surface area contributed by atoms with Crippen molar-refractivity contribution >= 4 is 11.6 Å². The molecule has 2 aromatic carbocycles. The minimum atomic E-state index is -0.130. The smallest absolute Gasteiger partial charge is 0.251 e. The molecular formula is C26H32N6O3. The van der Waals surface area contributed by atoms with Crippen LogP contribution in [0.4, 0.5) is 5.69 Å². The lowest BCUT2D eigenvalue weighted by Crippen LogP contribution is -2.28. The van der Waals surface area contributed by atoms with Crippen LogP contribution >= 0.6 is 0 Å². The molecule has 2 aliphatic heterocycles. The molecule has 1 aromatic heterocycles. The number of piperidine rings is 1. The largest absolute Gasteiger partial charge is 0.486 e. The molecule has 0 bridgehead atoms. The van der Waals surface area contributed by atoms with Crippen molar-refractivity contribution in [2.45, 2.75) is 38.8 Å². The molecule has 0 unspecified atom stereocenters. The lowest BCUT2D eigenvalue weighted by molar-refractivity contribution is 0.0950. The summed E-state index contributed by atoms with van der Waals surface area (Å²) in [6.07, 6.45) is 2.17. The Morgan fingerprint density at radius 3 is 2.66 bits per heavy atom. The molecular weight excluding hydrogens is 444 g/mol. The Hall–Kier alpha value is -3.59. The van der Waals surface area contributed by atoms with Crippen LogP contribution in [0.15, 0.2) is 36.4 Å². The van der Waals surface area contributed by atoms with Crippen LogP contribution in [-0.4, -0.2) is 47.0 Å². The fourth-order valence-electron chi connectivity index (χ4n) is 4.62. The molecule has 1 saturated heterocycles. The Kier molecular flexibility index (Phi) is 6.85. The fourth-order valence-corrected chi connectivity index (χ4v) is 4.62. The standard InChI is InChI=1S/C26H32N6O3/c1-17-12-22-23(35-11-10-34-22)14-20(17)15-29-26(33)19-4-3-5-21(13-19)28-16-24-30-31-25(32(24)2)18-6-8-27-9-7-18/h3-5,12-14,18,27-28H,6-11,15-16H2,1-2H3,(H,29,33). The molecule has 9 nitrogen and oxygen atoms in total. The second-order valence-electron chi connectivity index (χ2n) is 9.10. The number of ether oxygens (including phenoxy) is 2. The molecule has 1 amide bonds. The zero-order chi connectivity index (χ0) is 24.2. The van der Waals surface area contributed by atoms with Gasteiger partial charge in [-0.2, -0.15) is 0 Å². The monoisotopic (exact) mass is 476 g/mol. The Labute approximate surface area is 205 Å². The van der Waals surface area contributed by atoms with Crippen LogP contribution in [0.1, 0.15) is 51.9 Å². The van der Waals surface area contributed by atoms with Crippen molar-refractivity contribution in [2.24, 2.45) is 7.05 Å². The summed E-state index contributed by atoms with van der Waals surface area (Å²) in [6, 6.07) is 11.4. The molecule has 9 heteroatoms. The Bertz CT molecular complexity index is 1200. The van der Waals surface area contributed by atoms with Crippen LogP contribution in [0, 0.1) is 6.92 Å². The van der Waals surface area contributed by atoms with Crippen LogP contribution in [0.25, 0.3) is 0 Å². The summed E-state index contributed by atoms with van der Waals surface area (Å²) in [7, 11) is 2.03. The normalized spacial score (nSPS) is 15.6. The maximum absolute atomic E-state index is 12.9. The summed E-state index contributed by atoms with van der Waals surface area (Å²) in [6.45, 7) is 6.10. The average Bonchev–Trinajstić information content (AvgIpc) is 3.26.